The van der Waals surface area contributed by atoms with E-state index >= 15 is 0 Å². The second-order valence-electron chi connectivity index (χ2n) is 8.08. The molecular formula is C21H24N6O3. The van der Waals surface area contributed by atoms with Crippen LogP contribution in [-0.4, -0.2) is 36.7 Å². The first-order valence-corrected chi connectivity index (χ1v) is 10.0. The molecule has 2 aromatic heterocycles. The van der Waals surface area contributed by atoms with Gasteiger partial charge < -0.3 is 15.6 Å². The van der Waals surface area contributed by atoms with Gasteiger partial charge >= 0.3 is 0 Å². The molecule has 156 valence electrons. The van der Waals surface area contributed by atoms with Crippen LogP contribution in [0.3, 0.4) is 0 Å². The van der Waals surface area contributed by atoms with Crippen molar-refractivity contribution in [3.63, 3.8) is 0 Å². The average molecular weight is 408 g/mol. The van der Waals surface area contributed by atoms with Crippen LogP contribution >= 0.6 is 0 Å². The quantitative estimate of drug-likeness (QED) is 0.644. The molecule has 1 saturated carbocycles. The third-order valence-corrected chi connectivity index (χ3v) is 5.62. The zero-order chi connectivity index (χ0) is 21.0. The molecule has 1 aliphatic carbocycles. The first kappa shape index (κ1) is 18.7. The molecule has 9 nitrogen and oxygen atoms in total. The molecule has 1 amide bonds. The second-order valence-corrected chi connectivity index (χ2v) is 8.08. The molecule has 2 atom stereocenters. The summed E-state index contributed by atoms with van der Waals surface area (Å²) in [6.07, 6.45) is 7.88. The van der Waals surface area contributed by atoms with Crippen molar-refractivity contribution in [1.82, 2.24) is 19.6 Å². The van der Waals surface area contributed by atoms with E-state index in [9.17, 15) is 9.90 Å². The number of carbonyl (C=O) groups is 1. The number of aliphatic hydroxyl groups is 1. The number of benzene rings is 1. The van der Waals surface area contributed by atoms with Gasteiger partial charge in [0.25, 0.3) is 5.91 Å². The van der Waals surface area contributed by atoms with E-state index in [1.54, 1.807) is 17.8 Å². The summed E-state index contributed by atoms with van der Waals surface area (Å²) in [5.74, 6) is -0.116. The van der Waals surface area contributed by atoms with Crippen LogP contribution in [0.2, 0.25) is 0 Å². The summed E-state index contributed by atoms with van der Waals surface area (Å²) in [5.41, 5.74) is 9.87. The number of nitrogens with zero attached hydrogens (tertiary/aromatic N) is 5. The minimum atomic E-state index is -0.568. The van der Waals surface area contributed by atoms with Crippen LogP contribution in [0.4, 0.5) is 5.69 Å². The molecule has 9 heteroatoms. The number of fused-ring (bicyclic) bond motifs is 1. The molecular weight excluding hydrogens is 384 g/mol. The van der Waals surface area contributed by atoms with Gasteiger partial charge in [-0.25, -0.2) is 0 Å². The highest BCUT2D eigenvalue weighted by Gasteiger charge is 2.38. The summed E-state index contributed by atoms with van der Waals surface area (Å²) in [4.78, 5) is 14.1. The molecule has 0 spiro atoms. The van der Waals surface area contributed by atoms with Gasteiger partial charge in [-0.15, -0.1) is 0 Å². The number of amides is 1. The van der Waals surface area contributed by atoms with E-state index in [4.69, 9.17) is 10.5 Å². The molecule has 0 saturated heterocycles. The van der Waals surface area contributed by atoms with E-state index in [0.29, 0.717) is 18.2 Å². The molecule has 3 N–H and O–H groups in total. The van der Waals surface area contributed by atoms with Gasteiger partial charge in [0.1, 0.15) is 12.0 Å². The lowest BCUT2D eigenvalue weighted by atomic mass is 10.0. The summed E-state index contributed by atoms with van der Waals surface area (Å²) in [6.45, 7) is 2.08. The Morgan fingerprint density at radius 1 is 1.33 bits per heavy atom. The van der Waals surface area contributed by atoms with Crippen molar-refractivity contribution >= 4 is 22.5 Å². The molecule has 1 aromatic carbocycles. The van der Waals surface area contributed by atoms with Crippen molar-refractivity contribution in [2.24, 2.45) is 12.8 Å². The Kier molecular flexibility index (Phi) is 4.28. The van der Waals surface area contributed by atoms with E-state index in [1.165, 1.54) is 6.26 Å². The minimum absolute atomic E-state index is 0.299. The fraction of sp³-hybridized carbons (Fsp3) is 0.381. The van der Waals surface area contributed by atoms with Crippen LogP contribution in [-0.2, 0) is 23.1 Å². The average Bonchev–Trinajstić information content (AvgIpc) is 3.11. The highest BCUT2D eigenvalue weighted by Crippen LogP contribution is 2.49. The maximum Gasteiger partial charge on any atom is 0.268 e. The van der Waals surface area contributed by atoms with Gasteiger partial charge in [0.15, 0.2) is 0 Å². The number of rotatable bonds is 6. The summed E-state index contributed by atoms with van der Waals surface area (Å²) in [7, 11) is 1.92. The van der Waals surface area contributed by atoms with Crippen molar-refractivity contribution in [2.45, 2.75) is 44.6 Å². The van der Waals surface area contributed by atoms with Gasteiger partial charge in [0.2, 0.25) is 6.23 Å². The van der Waals surface area contributed by atoms with Gasteiger partial charge in [-0.3, -0.25) is 19.1 Å². The molecule has 3 aromatic rings. The predicted molar refractivity (Wildman–Crippen MR) is 110 cm³/mol. The molecule has 1 fully saturated rings. The van der Waals surface area contributed by atoms with Crippen LogP contribution in [0.5, 0.6) is 0 Å². The molecule has 2 aliphatic rings. The Labute approximate surface area is 173 Å². The largest absolute Gasteiger partial charge is 0.471 e. The highest BCUT2D eigenvalue weighted by molar-refractivity contribution is 5.98. The van der Waals surface area contributed by atoms with Crippen LogP contribution < -0.4 is 10.6 Å². The smallest absolute Gasteiger partial charge is 0.268 e. The normalized spacial score (nSPS) is 19.8. The number of aromatic nitrogens is 4. The summed E-state index contributed by atoms with van der Waals surface area (Å²) in [6, 6.07) is 4.20. The summed E-state index contributed by atoms with van der Waals surface area (Å²) < 4.78 is 9.41. The number of nitrogens with two attached hydrogens (primary N) is 1. The Bertz CT molecular complexity index is 1160. The van der Waals surface area contributed by atoms with Gasteiger partial charge in [-0.05, 0) is 43.4 Å². The van der Waals surface area contributed by atoms with Gasteiger partial charge in [-0.1, -0.05) is 0 Å². The lowest BCUT2D eigenvalue weighted by molar-refractivity contribution is -0.114. The number of hydrogen-bond acceptors (Lipinski definition) is 6. The van der Waals surface area contributed by atoms with Crippen molar-refractivity contribution in [3.05, 3.63) is 53.8 Å². The third kappa shape index (κ3) is 3.11. The fourth-order valence-electron chi connectivity index (χ4n) is 4.04. The van der Waals surface area contributed by atoms with Gasteiger partial charge in [0, 0.05) is 24.3 Å². The van der Waals surface area contributed by atoms with Crippen molar-refractivity contribution < 1.29 is 14.6 Å². The topological polar surface area (TPSA) is 111 Å². The maximum atomic E-state index is 12.2. The fourth-order valence-corrected chi connectivity index (χ4v) is 4.04. The van der Waals surface area contributed by atoms with Crippen LogP contribution in [0.15, 0.2) is 42.7 Å². The number of hydrogen-bond donors (Lipinski definition) is 2. The van der Waals surface area contributed by atoms with E-state index in [-0.39, 0.29) is 0 Å². The molecule has 3 heterocycles. The van der Waals surface area contributed by atoms with E-state index in [2.05, 4.69) is 22.3 Å². The van der Waals surface area contributed by atoms with Crippen molar-refractivity contribution in [2.75, 3.05) is 4.90 Å². The van der Waals surface area contributed by atoms with Gasteiger partial charge in [0.05, 0.1) is 36.1 Å². The van der Waals surface area contributed by atoms with E-state index < -0.39 is 18.2 Å². The Morgan fingerprint density at radius 3 is 2.83 bits per heavy atom. The standard InChI is InChI=1S/C21H24N6O3/c1-12(28)9-26-10-15(8-24-26)21-27(19(11-30-21)20(22)29)18-5-14-7-23-25(2)17(14)6-16(18)13-3-4-13/h5-8,10-13,21,28H,3-4,9H2,1-2H3,(H2,22,29)/t12?,21-/m0/s1. The van der Waals surface area contributed by atoms with Crippen molar-refractivity contribution in [1.29, 1.82) is 0 Å². The molecule has 0 bridgehead atoms. The lowest BCUT2D eigenvalue weighted by Gasteiger charge is -2.28. The zero-order valence-electron chi connectivity index (χ0n) is 16.9. The molecule has 0 radical (unpaired) electrons. The molecule has 30 heavy (non-hydrogen) atoms. The summed E-state index contributed by atoms with van der Waals surface area (Å²) >= 11 is 0. The SMILES string of the molecule is CC(O)Cn1cc([C@@H]2OC=C(C(N)=O)N2c2cc3cnn(C)c3cc2C2CC2)cn1. The second kappa shape index (κ2) is 6.88. The van der Waals surface area contributed by atoms with Crippen molar-refractivity contribution in [3.8, 4) is 0 Å². The summed E-state index contributed by atoms with van der Waals surface area (Å²) in [5, 5.41) is 19.3. The Morgan fingerprint density at radius 2 is 2.13 bits per heavy atom. The zero-order valence-corrected chi connectivity index (χ0v) is 16.9. The number of aryl methyl sites for hydroxylation is 1. The number of primary amides is 1. The number of anilines is 1. The maximum absolute atomic E-state index is 12.2. The van der Waals surface area contributed by atoms with Crippen LogP contribution in [0.1, 0.15) is 43.0 Å². The number of aliphatic hydroxyl groups excluding tert-OH is 1. The number of carbonyl (C=O) groups excluding carboxylic acids is 1. The first-order chi connectivity index (χ1) is 14.4. The lowest BCUT2D eigenvalue weighted by Crippen LogP contribution is -2.31. The van der Waals surface area contributed by atoms with Crippen LogP contribution in [0, 0.1) is 0 Å². The minimum Gasteiger partial charge on any atom is -0.471 e. The highest BCUT2D eigenvalue weighted by atomic mass is 16.5. The molecule has 1 unspecified atom stereocenters. The third-order valence-electron chi connectivity index (χ3n) is 5.62. The molecule has 1 aliphatic heterocycles. The van der Waals surface area contributed by atoms with E-state index in [1.807, 2.05) is 29.0 Å². The Balaban J connectivity index is 1.61. The Hall–Kier alpha value is -3.33. The van der Waals surface area contributed by atoms with Gasteiger partial charge in [-0.2, -0.15) is 10.2 Å². The van der Waals surface area contributed by atoms with Crippen LogP contribution in [0.25, 0.3) is 10.9 Å². The molecule has 5 rings (SSSR count). The predicted octanol–water partition coefficient (Wildman–Crippen LogP) is 1.89. The van der Waals surface area contributed by atoms with E-state index in [0.717, 1.165) is 40.6 Å². The monoisotopic (exact) mass is 408 g/mol. The number of ether oxygens (including phenoxy) is 1. The first-order valence-electron chi connectivity index (χ1n) is 10.0.